The number of hydrogen-bond acceptors (Lipinski definition) is 9. The zero-order chi connectivity index (χ0) is 42.0. The molecule has 2 aliphatic heterocycles. The van der Waals surface area contributed by atoms with E-state index in [-0.39, 0.29) is 43.1 Å². The zero-order valence-corrected chi connectivity index (χ0v) is 32.2. The Bertz CT molecular complexity index is 2430. The minimum absolute atomic E-state index is 0.0384. The van der Waals surface area contributed by atoms with Gasteiger partial charge in [0.1, 0.15) is 18.1 Å². The minimum Gasteiger partial charge on any atom is -0.508 e. The van der Waals surface area contributed by atoms with Crippen LogP contribution >= 0.6 is 23.2 Å². The summed E-state index contributed by atoms with van der Waals surface area (Å²) in [6.07, 6.45) is -3.14. The summed E-state index contributed by atoms with van der Waals surface area (Å²) in [5, 5.41) is 21.7. The Morgan fingerprint density at radius 2 is 1.68 bits per heavy atom. The number of carboxylic acids is 1. The number of likely N-dealkylation sites (tertiary alicyclic amines) is 1. The maximum atomic E-state index is 15.4. The highest BCUT2D eigenvalue weighted by atomic mass is 35.5. The van der Waals surface area contributed by atoms with E-state index in [4.69, 9.17) is 27.9 Å². The van der Waals surface area contributed by atoms with Crippen LogP contribution in [0.4, 0.5) is 19.0 Å². The summed E-state index contributed by atoms with van der Waals surface area (Å²) in [7, 11) is 0. The molecule has 0 unspecified atom stereocenters. The number of phenols is 1. The predicted molar refractivity (Wildman–Crippen MR) is 205 cm³/mol. The Kier molecular flexibility index (Phi) is 10.2. The molecule has 2 saturated heterocycles. The molecular formula is C42H33Cl2F3N4O8. The highest BCUT2D eigenvalue weighted by Gasteiger charge is 2.70. The number of carbonyl (C=O) groups is 5. The zero-order valence-electron chi connectivity index (χ0n) is 30.7. The van der Waals surface area contributed by atoms with Gasteiger partial charge < -0.3 is 14.9 Å². The van der Waals surface area contributed by atoms with E-state index >= 15 is 4.79 Å². The number of fused-ring (bicyclic) bond motifs is 4. The summed E-state index contributed by atoms with van der Waals surface area (Å²) in [5.41, 5.74) is 1.34. The second kappa shape index (κ2) is 15.0. The van der Waals surface area contributed by atoms with Crippen molar-refractivity contribution in [1.29, 1.82) is 0 Å². The lowest BCUT2D eigenvalue weighted by molar-refractivity contribution is -0.143. The number of hydrogen-bond donors (Lipinski definition) is 3. The third kappa shape index (κ3) is 6.75. The molecule has 6 atom stereocenters. The first-order chi connectivity index (χ1) is 28.1. The molecule has 304 valence electrons. The number of halogens is 5. The van der Waals surface area contributed by atoms with Crippen LogP contribution in [0, 0.1) is 23.7 Å². The molecule has 59 heavy (non-hydrogen) atoms. The highest BCUT2D eigenvalue weighted by Crippen LogP contribution is 2.65. The fourth-order valence-corrected chi connectivity index (χ4v) is 9.55. The lowest BCUT2D eigenvalue weighted by atomic mass is 9.49. The molecule has 1 aromatic heterocycles. The number of imide groups is 2. The highest BCUT2D eigenvalue weighted by molar-refractivity contribution is 6.33. The fraction of sp³-hybridized carbons (Fsp3) is 0.286. The summed E-state index contributed by atoms with van der Waals surface area (Å²) in [5.74, 6) is -9.80. The van der Waals surface area contributed by atoms with Crippen molar-refractivity contribution in [1.82, 2.24) is 14.9 Å². The van der Waals surface area contributed by atoms with Crippen LogP contribution in [0.1, 0.15) is 47.4 Å². The maximum Gasteiger partial charge on any atom is 0.417 e. The second-order valence-electron chi connectivity index (χ2n) is 14.9. The van der Waals surface area contributed by atoms with Crippen molar-refractivity contribution < 1.29 is 52.1 Å². The van der Waals surface area contributed by atoms with Crippen molar-refractivity contribution in [3.63, 3.8) is 0 Å². The summed E-state index contributed by atoms with van der Waals surface area (Å²) in [4.78, 5) is 74.3. The van der Waals surface area contributed by atoms with E-state index < -0.39 is 93.6 Å². The van der Waals surface area contributed by atoms with Gasteiger partial charge in [-0.3, -0.25) is 34.3 Å². The number of anilines is 1. The summed E-state index contributed by atoms with van der Waals surface area (Å²) < 4.78 is 46.5. The van der Waals surface area contributed by atoms with Gasteiger partial charge in [-0.1, -0.05) is 83.4 Å². The number of ether oxygens (including phenoxy) is 1. The fourth-order valence-electron chi connectivity index (χ4n) is 9.22. The van der Waals surface area contributed by atoms with E-state index in [1.165, 1.54) is 18.2 Å². The van der Waals surface area contributed by atoms with Crippen LogP contribution in [-0.4, -0.2) is 61.2 Å². The Balaban J connectivity index is 1.28. The van der Waals surface area contributed by atoms with Crippen molar-refractivity contribution in [2.24, 2.45) is 23.7 Å². The van der Waals surface area contributed by atoms with Gasteiger partial charge in [0, 0.05) is 35.3 Å². The first-order valence-electron chi connectivity index (χ1n) is 18.5. The quantitative estimate of drug-likeness (QED) is 0.110. The first kappa shape index (κ1) is 39.9. The molecule has 3 N–H and O–H groups in total. The monoisotopic (exact) mass is 848 g/mol. The van der Waals surface area contributed by atoms with Crippen LogP contribution < -0.4 is 10.2 Å². The average molecular weight is 850 g/mol. The van der Waals surface area contributed by atoms with Crippen molar-refractivity contribution in [2.75, 3.05) is 12.0 Å². The third-order valence-corrected chi connectivity index (χ3v) is 12.3. The number of aromatic nitrogens is 1. The lowest BCUT2D eigenvalue weighted by Gasteiger charge is -2.50. The van der Waals surface area contributed by atoms with Crippen LogP contribution in [0.25, 0.3) is 0 Å². The summed E-state index contributed by atoms with van der Waals surface area (Å²) in [6.45, 7) is -0.191. The number of nitrogens with zero attached hydrogens (tertiary/aromatic N) is 3. The van der Waals surface area contributed by atoms with Crippen LogP contribution in [0.15, 0.2) is 96.7 Å². The molecule has 4 aliphatic rings. The number of hydrazine groups is 1. The van der Waals surface area contributed by atoms with Gasteiger partial charge in [0.25, 0.3) is 11.8 Å². The van der Waals surface area contributed by atoms with Crippen LogP contribution in [0.3, 0.4) is 0 Å². The molecule has 8 rings (SSSR count). The number of allylic oxidation sites excluding steroid dienone is 2. The first-order valence-corrected chi connectivity index (χ1v) is 19.3. The molecule has 0 bridgehead atoms. The molecule has 0 radical (unpaired) electrons. The molecule has 17 heteroatoms. The number of aliphatic carboxylic acids is 1. The summed E-state index contributed by atoms with van der Waals surface area (Å²) in [6, 6.07) is 20.6. The Morgan fingerprint density at radius 1 is 0.949 bits per heavy atom. The Labute approximate surface area is 344 Å². The average Bonchev–Trinajstić information content (AvgIpc) is 3.57. The second-order valence-corrected chi connectivity index (χ2v) is 15.7. The van der Waals surface area contributed by atoms with E-state index in [1.807, 2.05) is 30.3 Å². The Morgan fingerprint density at radius 3 is 2.34 bits per heavy atom. The van der Waals surface area contributed by atoms with Crippen molar-refractivity contribution >= 4 is 58.6 Å². The molecular weight excluding hydrogens is 816 g/mol. The number of carbonyl (C=O) groups excluding carboxylic acids is 4. The van der Waals surface area contributed by atoms with E-state index in [9.17, 15) is 42.6 Å². The van der Waals surface area contributed by atoms with Gasteiger partial charge in [0.05, 0.1) is 40.2 Å². The SMILES string of the molecule is O=C(O)CCN1C(=O)[C@H]2[C@H](CC=C3[C@H]2C[C@H]2C(=O)N(Nc4ncc(C(F)(F)F)cc4Cl)C(=O)[C@@]2(c2ccc(Cl)cc2)[C@H]3c2ccc(OCc3ccccc3)cc2O)C1=O. The van der Waals surface area contributed by atoms with Gasteiger partial charge in [0.2, 0.25) is 11.8 Å². The molecule has 4 aromatic rings. The smallest absolute Gasteiger partial charge is 0.417 e. The van der Waals surface area contributed by atoms with Gasteiger partial charge in [-0.15, -0.1) is 0 Å². The number of phenolic OH excluding ortho intramolecular Hbond substituents is 1. The Hall–Kier alpha value is -5.93. The predicted octanol–water partition coefficient (Wildman–Crippen LogP) is 7.15. The van der Waals surface area contributed by atoms with E-state index in [2.05, 4.69) is 10.4 Å². The number of nitrogens with one attached hydrogen (secondary N) is 1. The molecule has 12 nitrogen and oxygen atoms in total. The third-order valence-electron chi connectivity index (χ3n) is 11.8. The van der Waals surface area contributed by atoms with Crippen molar-refractivity contribution in [3.8, 4) is 11.5 Å². The minimum atomic E-state index is -4.79. The maximum absolute atomic E-state index is 15.4. The molecule has 3 fully saturated rings. The van der Waals surface area contributed by atoms with Crippen LogP contribution in [0.5, 0.6) is 11.5 Å². The number of benzene rings is 3. The van der Waals surface area contributed by atoms with Crippen molar-refractivity contribution in [2.45, 2.75) is 43.4 Å². The molecule has 3 aromatic carbocycles. The van der Waals surface area contributed by atoms with E-state index in [0.717, 1.165) is 10.5 Å². The molecule has 0 spiro atoms. The largest absolute Gasteiger partial charge is 0.508 e. The van der Waals surface area contributed by atoms with E-state index in [1.54, 1.807) is 30.3 Å². The van der Waals surface area contributed by atoms with Crippen LogP contribution in [-0.2, 0) is 42.2 Å². The molecule has 1 saturated carbocycles. The number of pyridine rings is 1. The summed E-state index contributed by atoms with van der Waals surface area (Å²) >= 11 is 12.6. The molecule has 2 aliphatic carbocycles. The standard InChI is InChI=1S/C42H33Cl2F3N4O8/c43-24-8-6-22(7-9-24)41-30(38(56)51(40(41)58)49-36-31(44)16-23(19-48-36)42(45,46)47)18-29-26(12-13-28-34(29)39(57)50(37(28)55)15-14-33(53)54)35(41)27-11-10-25(17-32(27)52)59-20-21-4-2-1-3-5-21/h1-12,16-17,19,28-30,34-35,52H,13-15,18,20H2,(H,48,49)(H,53,54)/t28-,29+,30-,34-,35+,41+/m0/s1. The van der Waals surface area contributed by atoms with Gasteiger partial charge in [0.15, 0.2) is 5.82 Å². The number of carboxylic acid groups (broad SMARTS) is 1. The lowest BCUT2D eigenvalue weighted by Crippen LogP contribution is -2.53. The number of alkyl halides is 3. The number of rotatable bonds is 10. The van der Waals surface area contributed by atoms with Crippen LogP contribution in [0.2, 0.25) is 10.0 Å². The van der Waals surface area contributed by atoms with Gasteiger partial charge in [-0.25, -0.2) is 4.98 Å². The van der Waals surface area contributed by atoms with Gasteiger partial charge >= 0.3 is 12.1 Å². The van der Waals surface area contributed by atoms with Gasteiger partial charge in [-0.2, -0.15) is 18.2 Å². The molecule has 3 heterocycles. The topological polar surface area (TPSA) is 166 Å². The van der Waals surface area contributed by atoms with Crippen molar-refractivity contribution in [3.05, 3.63) is 129 Å². The molecule has 4 amide bonds. The normalized spacial score (nSPS) is 25.0. The number of aromatic hydroxyl groups is 1. The van der Waals surface area contributed by atoms with Gasteiger partial charge in [-0.05, 0) is 54.2 Å². The van der Waals surface area contributed by atoms with E-state index in [0.29, 0.717) is 33.4 Å². The number of amides is 4.